The Hall–Kier alpha value is -4.11. The molecule has 0 aliphatic heterocycles. The molecule has 0 saturated heterocycles. The molecule has 164 valence electrons. The van der Waals surface area contributed by atoms with Gasteiger partial charge >= 0.3 is 0 Å². The zero-order valence-corrected chi connectivity index (χ0v) is 18.2. The van der Waals surface area contributed by atoms with E-state index in [2.05, 4.69) is 20.5 Å². The molecule has 3 heterocycles. The number of benzene rings is 2. The molecule has 0 radical (unpaired) electrons. The summed E-state index contributed by atoms with van der Waals surface area (Å²) in [5.74, 6) is 1.90. The van der Waals surface area contributed by atoms with Crippen molar-refractivity contribution in [2.45, 2.75) is 17.5 Å². The van der Waals surface area contributed by atoms with Crippen molar-refractivity contribution in [3.8, 4) is 17.1 Å². The number of hydrogen-bond acceptors (Lipinski definition) is 7. The third-order valence-electron chi connectivity index (χ3n) is 4.79. The van der Waals surface area contributed by atoms with Gasteiger partial charge in [-0.1, -0.05) is 60.3 Å². The van der Waals surface area contributed by atoms with Crippen LogP contribution in [0.25, 0.3) is 17.1 Å². The highest BCUT2D eigenvalue weighted by atomic mass is 32.2. The van der Waals surface area contributed by atoms with Crippen molar-refractivity contribution in [1.29, 1.82) is 0 Å². The molecule has 0 aliphatic carbocycles. The van der Waals surface area contributed by atoms with E-state index in [0.29, 0.717) is 22.6 Å². The smallest absolute Gasteiger partial charge is 0.273 e. The van der Waals surface area contributed by atoms with Crippen LogP contribution in [0, 0.1) is 0 Å². The highest BCUT2D eigenvalue weighted by Crippen LogP contribution is 2.29. The number of nitrogens with one attached hydrogen (secondary N) is 1. The molecule has 0 atom stereocenters. The van der Waals surface area contributed by atoms with Gasteiger partial charge in [0.1, 0.15) is 12.0 Å². The Bertz CT molecular complexity index is 1330. The van der Waals surface area contributed by atoms with E-state index in [1.54, 1.807) is 18.4 Å². The van der Waals surface area contributed by atoms with Gasteiger partial charge in [0, 0.05) is 11.3 Å². The molecule has 0 aliphatic rings. The van der Waals surface area contributed by atoms with E-state index in [0.717, 1.165) is 17.1 Å². The highest BCUT2D eigenvalue weighted by Gasteiger charge is 2.18. The predicted octanol–water partition coefficient (Wildman–Crippen LogP) is 4.74. The molecule has 5 aromatic rings. The van der Waals surface area contributed by atoms with Gasteiger partial charge in [0.2, 0.25) is 5.89 Å². The van der Waals surface area contributed by atoms with Crippen molar-refractivity contribution in [1.82, 2.24) is 25.1 Å². The predicted molar refractivity (Wildman–Crippen MR) is 123 cm³/mol. The summed E-state index contributed by atoms with van der Waals surface area (Å²) in [5, 5.41) is 12.3. The molecule has 0 bridgehead atoms. The van der Waals surface area contributed by atoms with Gasteiger partial charge in [-0.3, -0.25) is 9.36 Å². The van der Waals surface area contributed by atoms with E-state index in [1.807, 2.05) is 65.2 Å². The van der Waals surface area contributed by atoms with E-state index in [9.17, 15) is 4.79 Å². The van der Waals surface area contributed by atoms with Crippen LogP contribution in [-0.2, 0) is 12.3 Å². The molecular weight excluding hydrogens is 438 g/mol. The standard InChI is InChI=1S/C24H19N5O3S/c30-23(25-14-19-12-7-13-31-19)20-15-32-21(26-20)16-33-24-28-27-22(17-8-3-1-4-9-17)29(24)18-10-5-2-6-11-18/h1-13,15H,14,16H2,(H,25,30). The molecule has 1 amide bonds. The maximum Gasteiger partial charge on any atom is 0.273 e. The minimum absolute atomic E-state index is 0.214. The Kier molecular flexibility index (Phi) is 6.03. The van der Waals surface area contributed by atoms with E-state index < -0.39 is 0 Å². The highest BCUT2D eigenvalue weighted by molar-refractivity contribution is 7.98. The van der Waals surface area contributed by atoms with Crippen molar-refractivity contribution in [2.24, 2.45) is 0 Å². The fraction of sp³-hybridized carbons (Fsp3) is 0.0833. The first-order chi connectivity index (χ1) is 16.3. The van der Waals surface area contributed by atoms with Gasteiger partial charge in [0.15, 0.2) is 16.7 Å². The Morgan fingerprint density at radius 3 is 2.48 bits per heavy atom. The summed E-state index contributed by atoms with van der Waals surface area (Å²) < 4.78 is 12.7. The average Bonchev–Trinajstić information content (AvgIpc) is 3.63. The summed E-state index contributed by atoms with van der Waals surface area (Å²) in [4.78, 5) is 16.6. The van der Waals surface area contributed by atoms with Crippen LogP contribution in [0.3, 0.4) is 0 Å². The Morgan fingerprint density at radius 2 is 1.73 bits per heavy atom. The fourth-order valence-electron chi connectivity index (χ4n) is 3.23. The van der Waals surface area contributed by atoms with Crippen LogP contribution in [0.5, 0.6) is 0 Å². The number of furan rings is 1. The van der Waals surface area contributed by atoms with Crippen LogP contribution in [0.15, 0.2) is 99.3 Å². The van der Waals surface area contributed by atoms with Gasteiger partial charge in [-0.15, -0.1) is 10.2 Å². The first kappa shape index (κ1) is 20.8. The second-order valence-electron chi connectivity index (χ2n) is 7.02. The van der Waals surface area contributed by atoms with Crippen LogP contribution in [0.2, 0.25) is 0 Å². The Labute approximate surface area is 193 Å². The molecule has 8 nitrogen and oxygen atoms in total. The van der Waals surface area contributed by atoms with Gasteiger partial charge in [-0.2, -0.15) is 0 Å². The second-order valence-corrected chi connectivity index (χ2v) is 7.96. The SMILES string of the molecule is O=C(NCc1ccco1)c1coc(CSc2nnc(-c3ccccc3)n2-c2ccccc2)n1. The van der Waals surface area contributed by atoms with Crippen LogP contribution in [0.4, 0.5) is 0 Å². The van der Waals surface area contributed by atoms with Gasteiger partial charge < -0.3 is 14.2 Å². The molecule has 3 aromatic heterocycles. The largest absolute Gasteiger partial charge is 0.467 e. The molecule has 5 rings (SSSR count). The number of thioether (sulfide) groups is 1. The molecule has 9 heteroatoms. The molecular formula is C24H19N5O3S. The van der Waals surface area contributed by atoms with Crippen molar-refractivity contribution in [3.05, 3.63) is 103 Å². The molecule has 0 unspecified atom stereocenters. The Morgan fingerprint density at radius 1 is 0.939 bits per heavy atom. The number of amides is 1. The number of rotatable bonds is 8. The van der Waals surface area contributed by atoms with Gasteiger partial charge in [0.05, 0.1) is 18.6 Å². The van der Waals surface area contributed by atoms with Crippen molar-refractivity contribution in [2.75, 3.05) is 0 Å². The zero-order valence-electron chi connectivity index (χ0n) is 17.4. The lowest BCUT2D eigenvalue weighted by atomic mass is 10.2. The summed E-state index contributed by atoms with van der Waals surface area (Å²) >= 11 is 1.43. The number of nitrogens with zero attached hydrogens (tertiary/aromatic N) is 4. The second kappa shape index (κ2) is 9.58. The molecule has 1 N–H and O–H groups in total. The normalized spacial score (nSPS) is 10.9. The fourth-order valence-corrected chi connectivity index (χ4v) is 4.03. The Balaban J connectivity index is 1.32. The third kappa shape index (κ3) is 4.73. The number of carbonyl (C=O) groups excluding carboxylic acids is 1. The maximum absolute atomic E-state index is 12.3. The van der Waals surface area contributed by atoms with Crippen LogP contribution in [0.1, 0.15) is 22.1 Å². The molecule has 0 saturated carbocycles. The lowest BCUT2D eigenvalue weighted by Crippen LogP contribution is -2.22. The van der Waals surface area contributed by atoms with Gasteiger partial charge in [0.25, 0.3) is 5.91 Å². The molecule has 0 spiro atoms. The van der Waals surface area contributed by atoms with Crippen molar-refractivity contribution < 1.29 is 13.6 Å². The first-order valence-electron chi connectivity index (χ1n) is 10.2. The third-order valence-corrected chi connectivity index (χ3v) is 5.71. The van der Waals surface area contributed by atoms with E-state index >= 15 is 0 Å². The minimum atomic E-state index is -0.329. The van der Waals surface area contributed by atoms with E-state index in [1.165, 1.54) is 18.0 Å². The number of hydrogen-bond donors (Lipinski definition) is 1. The lowest BCUT2D eigenvalue weighted by molar-refractivity contribution is 0.0943. The van der Waals surface area contributed by atoms with Crippen LogP contribution >= 0.6 is 11.8 Å². The number of aromatic nitrogens is 4. The molecule has 0 fully saturated rings. The monoisotopic (exact) mass is 457 g/mol. The minimum Gasteiger partial charge on any atom is -0.467 e. The number of carbonyl (C=O) groups is 1. The topological polar surface area (TPSA) is 99.0 Å². The van der Waals surface area contributed by atoms with Gasteiger partial charge in [-0.05, 0) is 24.3 Å². The summed E-state index contributed by atoms with van der Waals surface area (Å²) in [6.07, 6.45) is 2.91. The van der Waals surface area contributed by atoms with Crippen molar-refractivity contribution >= 4 is 17.7 Å². The number of para-hydroxylation sites is 1. The summed E-state index contributed by atoms with van der Waals surface area (Å²) in [7, 11) is 0. The van der Waals surface area contributed by atoms with E-state index in [-0.39, 0.29) is 18.1 Å². The van der Waals surface area contributed by atoms with Crippen LogP contribution < -0.4 is 5.32 Å². The van der Waals surface area contributed by atoms with Crippen molar-refractivity contribution in [3.63, 3.8) is 0 Å². The summed E-state index contributed by atoms with van der Waals surface area (Å²) in [6.45, 7) is 0.283. The van der Waals surface area contributed by atoms with Crippen LogP contribution in [-0.4, -0.2) is 25.7 Å². The first-order valence-corrected chi connectivity index (χ1v) is 11.2. The zero-order chi connectivity index (χ0) is 22.5. The van der Waals surface area contributed by atoms with E-state index in [4.69, 9.17) is 8.83 Å². The lowest BCUT2D eigenvalue weighted by Gasteiger charge is -2.09. The summed E-state index contributed by atoms with van der Waals surface area (Å²) in [5.41, 5.74) is 2.13. The number of oxazole rings is 1. The molecule has 2 aromatic carbocycles. The molecule has 33 heavy (non-hydrogen) atoms. The quantitative estimate of drug-likeness (QED) is 0.336. The average molecular weight is 458 g/mol. The summed E-state index contributed by atoms with van der Waals surface area (Å²) in [6, 6.07) is 23.4. The maximum atomic E-state index is 12.3. The van der Waals surface area contributed by atoms with Gasteiger partial charge in [-0.25, -0.2) is 4.98 Å².